The molecule has 1 saturated heterocycles. The monoisotopic (exact) mass is 458 g/mol. The number of amides is 3. The molecule has 162 valence electrons. The zero-order chi connectivity index (χ0) is 22.4. The van der Waals surface area contributed by atoms with Crippen molar-refractivity contribution < 1.29 is 19.1 Å². The minimum atomic E-state index is -0.363. The van der Waals surface area contributed by atoms with E-state index < -0.39 is 0 Å². The van der Waals surface area contributed by atoms with Gasteiger partial charge in [0.15, 0.2) is 0 Å². The van der Waals surface area contributed by atoms with Crippen LogP contribution >= 0.6 is 23.4 Å². The van der Waals surface area contributed by atoms with Crippen molar-refractivity contribution in [3.63, 3.8) is 0 Å². The SMILES string of the molecule is CC(C)Oc1cccc(CC(=O)NCCN2C(=O)S/C(=C/c3ccc(Cl)cc3)C2=O)c1. The van der Waals surface area contributed by atoms with Crippen molar-refractivity contribution in [1.82, 2.24) is 10.2 Å². The number of rotatable bonds is 8. The standard InChI is InChI=1S/C23H23ClN2O4S/c1-15(2)30-19-5-3-4-17(12-19)14-21(27)25-10-11-26-22(28)20(31-23(26)29)13-16-6-8-18(24)9-7-16/h3-9,12-13,15H,10-11,14H2,1-2H3,(H,25,27)/b20-13+. The third-order valence-electron chi connectivity index (χ3n) is 4.33. The van der Waals surface area contributed by atoms with Crippen LogP contribution in [0.2, 0.25) is 5.02 Å². The highest BCUT2D eigenvalue weighted by atomic mass is 35.5. The number of ether oxygens (including phenoxy) is 1. The van der Waals surface area contributed by atoms with Crippen molar-refractivity contribution in [2.75, 3.05) is 13.1 Å². The lowest BCUT2D eigenvalue weighted by Crippen LogP contribution is -2.37. The number of thioether (sulfide) groups is 1. The zero-order valence-corrected chi connectivity index (χ0v) is 18.8. The van der Waals surface area contributed by atoms with E-state index in [1.807, 2.05) is 38.1 Å². The summed E-state index contributed by atoms with van der Waals surface area (Å²) in [5, 5.41) is 3.01. The van der Waals surface area contributed by atoms with Crippen LogP contribution in [-0.4, -0.2) is 41.1 Å². The summed E-state index contributed by atoms with van der Waals surface area (Å²) < 4.78 is 5.64. The topological polar surface area (TPSA) is 75.7 Å². The summed E-state index contributed by atoms with van der Waals surface area (Å²) >= 11 is 6.76. The smallest absolute Gasteiger partial charge is 0.293 e. The minimum Gasteiger partial charge on any atom is -0.491 e. The van der Waals surface area contributed by atoms with E-state index in [1.165, 1.54) is 0 Å². The van der Waals surface area contributed by atoms with Gasteiger partial charge in [-0.1, -0.05) is 35.9 Å². The van der Waals surface area contributed by atoms with Crippen molar-refractivity contribution in [3.8, 4) is 5.75 Å². The maximum absolute atomic E-state index is 12.5. The third kappa shape index (κ3) is 6.60. The van der Waals surface area contributed by atoms with E-state index in [-0.39, 0.29) is 42.7 Å². The first-order valence-corrected chi connectivity index (χ1v) is 11.0. The van der Waals surface area contributed by atoms with Crippen LogP contribution < -0.4 is 10.1 Å². The summed E-state index contributed by atoms with van der Waals surface area (Å²) in [6.07, 6.45) is 1.90. The normalized spacial score (nSPS) is 15.1. The largest absolute Gasteiger partial charge is 0.491 e. The van der Waals surface area contributed by atoms with Crippen LogP contribution in [0.25, 0.3) is 6.08 Å². The quantitative estimate of drug-likeness (QED) is 0.588. The fourth-order valence-electron chi connectivity index (χ4n) is 2.96. The number of hydrogen-bond donors (Lipinski definition) is 1. The molecule has 1 N–H and O–H groups in total. The summed E-state index contributed by atoms with van der Waals surface area (Å²) in [6.45, 7) is 4.18. The van der Waals surface area contributed by atoms with Gasteiger partial charge in [-0.15, -0.1) is 0 Å². The Hall–Kier alpha value is -2.77. The molecule has 0 aliphatic carbocycles. The Bertz CT molecular complexity index is 1000. The van der Waals surface area contributed by atoms with Gasteiger partial charge in [0.25, 0.3) is 11.1 Å². The summed E-state index contributed by atoms with van der Waals surface area (Å²) in [7, 11) is 0. The van der Waals surface area contributed by atoms with Crippen LogP contribution in [0.4, 0.5) is 4.79 Å². The molecule has 0 radical (unpaired) electrons. The van der Waals surface area contributed by atoms with Gasteiger partial charge in [-0.05, 0) is 67.1 Å². The molecule has 1 aliphatic rings. The number of nitrogens with zero attached hydrogens (tertiary/aromatic N) is 1. The van der Waals surface area contributed by atoms with E-state index in [2.05, 4.69) is 5.32 Å². The lowest BCUT2D eigenvalue weighted by Gasteiger charge is -2.13. The molecule has 1 fully saturated rings. The summed E-state index contributed by atoms with van der Waals surface area (Å²) in [4.78, 5) is 38.5. The second-order valence-electron chi connectivity index (χ2n) is 7.23. The van der Waals surface area contributed by atoms with Crippen molar-refractivity contribution in [2.24, 2.45) is 0 Å². The highest BCUT2D eigenvalue weighted by Gasteiger charge is 2.34. The molecule has 0 spiro atoms. The van der Waals surface area contributed by atoms with Gasteiger partial charge in [-0.3, -0.25) is 19.3 Å². The number of hydrogen-bond acceptors (Lipinski definition) is 5. The predicted octanol–water partition coefficient (Wildman–Crippen LogP) is 4.52. The number of nitrogens with one attached hydrogen (secondary N) is 1. The minimum absolute atomic E-state index is 0.0520. The molecule has 2 aromatic carbocycles. The Morgan fingerprint density at radius 3 is 2.65 bits per heavy atom. The van der Waals surface area contributed by atoms with E-state index in [4.69, 9.17) is 16.3 Å². The van der Waals surface area contributed by atoms with Crippen LogP contribution in [-0.2, 0) is 16.0 Å². The average molecular weight is 459 g/mol. The lowest BCUT2D eigenvalue weighted by molar-refractivity contribution is -0.124. The molecule has 3 amide bonds. The second kappa shape index (κ2) is 10.5. The van der Waals surface area contributed by atoms with Crippen LogP contribution in [0.15, 0.2) is 53.4 Å². The molecule has 0 bridgehead atoms. The van der Waals surface area contributed by atoms with Crippen LogP contribution in [0.5, 0.6) is 5.75 Å². The maximum Gasteiger partial charge on any atom is 0.293 e. The first kappa shape index (κ1) is 22.9. The fraction of sp³-hybridized carbons (Fsp3) is 0.261. The van der Waals surface area contributed by atoms with Gasteiger partial charge < -0.3 is 10.1 Å². The molecule has 0 saturated carbocycles. The van der Waals surface area contributed by atoms with Gasteiger partial charge in [-0.25, -0.2) is 0 Å². The Balaban J connectivity index is 1.51. The lowest BCUT2D eigenvalue weighted by atomic mass is 10.1. The Morgan fingerprint density at radius 2 is 1.94 bits per heavy atom. The fourth-order valence-corrected chi connectivity index (χ4v) is 3.95. The molecule has 0 unspecified atom stereocenters. The molecule has 31 heavy (non-hydrogen) atoms. The number of benzene rings is 2. The number of carbonyl (C=O) groups is 3. The molecular formula is C23H23ClN2O4S. The van der Waals surface area contributed by atoms with Gasteiger partial charge in [0, 0.05) is 18.1 Å². The molecule has 0 atom stereocenters. The molecule has 8 heteroatoms. The Morgan fingerprint density at radius 1 is 1.19 bits per heavy atom. The first-order chi connectivity index (χ1) is 14.8. The van der Waals surface area contributed by atoms with Gasteiger partial charge in [0.05, 0.1) is 17.4 Å². The van der Waals surface area contributed by atoms with Crippen molar-refractivity contribution in [1.29, 1.82) is 0 Å². The summed E-state index contributed by atoms with van der Waals surface area (Å²) in [5.74, 6) is 0.161. The highest BCUT2D eigenvalue weighted by Crippen LogP contribution is 2.32. The highest BCUT2D eigenvalue weighted by molar-refractivity contribution is 8.18. The zero-order valence-electron chi connectivity index (χ0n) is 17.3. The predicted molar refractivity (Wildman–Crippen MR) is 123 cm³/mol. The first-order valence-electron chi connectivity index (χ1n) is 9.85. The van der Waals surface area contributed by atoms with Crippen molar-refractivity contribution in [2.45, 2.75) is 26.4 Å². The maximum atomic E-state index is 12.5. The van der Waals surface area contributed by atoms with Crippen LogP contribution in [0.1, 0.15) is 25.0 Å². The van der Waals surface area contributed by atoms with Gasteiger partial charge >= 0.3 is 0 Å². The molecule has 3 rings (SSSR count). The third-order valence-corrected chi connectivity index (χ3v) is 5.49. The molecule has 2 aromatic rings. The van der Waals surface area contributed by atoms with E-state index in [1.54, 1.807) is 30.3 Å². The van der Waals surface area contributed by atoms with Gasteiger partial charge in [0.1, 0.15) is 5.75 Å². The van der Waals surface area contributed by atoms with Crippen LogP contribution in [0.3, 0.4) is 0 Å². The van der Waals surface area contributed by atoms with E-state index in [0.29, 0.717) is 15.7 Å². The molecule has 1 heterocycles. The van der Waals surface area contributed by atoms with E-state index in [0.717, 1.165) is 27.8 Å². The summed E-state index contributed by atoms with van der Waals surface area (Å²) in [5.41, 5.74) is 1.61. The number of imide groups is 1. The van der Waals surface area contributed by atoms with Crippen LogP contribution in [0, 0.1) is 0 Å². The number of halogens is 1. The van der Waals surface area contributed by atoms with E-state index in [9.17, 15) is 14.4 Å². The second-order valence-corrected chi connectivity index (χ2v) is 8.66. The van der Waals surface area contributed by atoms with Gasteiger partial charge in [-0.2, -0.15) is 0 Å². The molecule has 1 aliphatic heterocycles. The Kier molecular flexibility index (Phi) is 7.76. The Labute approximate surface area is 190 Å². The van der Waals surface area contributed by atoms with Crippen molar-refractivity contribution >= 4 is 46.5 Å². The van der Waals surface area contributed by atoms with E-state index >= 15 is 0 Å². The molecule has 0 aromatic heterocycles. The average Bonchev–Trinajstić information content (AvgIpc) is 2.97. The van der Waals surface area contributed by atoms with Crippen molar-refractivity contribution in [3.05, 3.63) is 69.6 Å². The number of carbonyl (C=O) groups excluding carboxylic acids is 3. The molecular weight excluding hydrogens is 436 g/mol. The summed E-state index contributed by atoms with van der Waals surface area (Å²) in [6, 6.07) is 14.4. The van der Waals surface area contributed by atoms with Gasteiger partial charge in [0.2, 0.25) is 5.91 Å². The molecule has 6 nitrogen and oxygen atoms in total.